The quantitative estimate of drug-likeness (QED) is 0.511. The van der Waals surface area contributed by atoms with Gasteiger partial charge in [0.1, 0.15) is 18.2 Å². The zero-order chi connectivity index (χ0) is 18.2. The van der Waals surface area contributed by atoms with Crippen molar-refractivity contribution in [1.82, 2.24) is 4.98 Å². The SMILES string of the molecule is COc1cc(/C=N/Nc2ccccn2)ccc1OCc1ccccc1F. The number of hydrazone groups is 1. The summed E-state index contributed by atoms with van der Waals surface area (Å²) in [6.07, 6.45) is 3.33. The fourth-order valence-corrected chi connectivity index (χ4v) is 2.26. The number of aromatic nitrogens is 1. The van der Waals surface area contributed by atoms with Gasteiger partial charge in [0, 0.05) is 11.8 Å². The van der Waals surface area contributed by atoms with Gasteiger partial charge >= 0.3 is 0 Å². The highest BCUT2D eigenvalue weighted by Crippen LogP contribution is 2.28. The second-order valence-electron chi connectivity index (χ2n) is 5.38. The van der Waals surface area contributed by atoms with Gasteiger partial charge in [0.2, 0.25) is 0 Å². The number of methoxy groups -OCH3 is 1. The molecule has 0 aliphatic rings. The van der Waals surface area contributed by atoms with Crippen molar-refractivity contribution in [2.24, 2.45) is 5.10 Å². The van der Waals surface area contributed by atoms with Crippen molar-refractivity contribution in [3.8, 4) is 11.5 Å². The van der Waals surface area contributed by atoms with Crippen molar-refractivity contribution >= 4 is 12.0 Å². The first-order valence-corrected chi connectivity index (χ1v) is 8.00. The number of rotatable bonds is 7. The highest BCUT2D eigenvalue weighted by molar-refractivity contribution is 5.81. The molecule has 0 aliphatic carbocycles. The number of ether oxygens (including phenoxy) is 2. The first kappa shape index (κ1) is 17.4. The van der Waals surface area contributed by atoms with Crippen molar-refractivity contribution in [2.75, 3.05) is 12.5 Å². The Labute approximate surface area is 151 Å². The molecule has 0 saturated heterocycles. The third kappa shape index (κ3) is 4.57. The molecule has 0 amide bonds. The van der Waals surface area contributed by atoms with Crippen molar-refractivity contribution in [3.63, 3.8) is 0 Å². The van der Waals surface area contributed by atoms with Crippen molar-refractivity contribution < 1.29 is 13.9 Å². The first-order valence-electron chi connectivity index (χ1n) is 8.00. The number of pyridine rings is 1. The van der Waals surface area contributed by atoms with Crippen molar-refractivity contribution in [2.45, 2.75) is 6.61 Å². The molecule has 26 heavy (non-hydrogen) atoms. The molecule has 0 saturated carbocycles. The summed E-state index contributed by atoms with van der Waals surface area (Å²) in [6, 6.07) is 17.4. The molecular weight excluding hydrogens is 333 g/mol. The molecule has 1 N–H and O–H groups in total. The van der Waals surface area contributed by atoms with E-state index in [2.05, 4.69) is 15.5 Å². The Morgan fingerprint density at radius 1 is 1.08 bits per heavy atom. The van der Waals surface area contributed by atoms with Crippen LogP contribution in [-0.2, 0) is 6.61 Å². The van der Waals surface area contributed by atoms with Gasteiger partial charge in [0.25, 0.3) is 0 Å². The topological polar surface area (TPSA) is 55.7 Å². The second-order valence-corrected chi connectivity index (χ2v) is 5.38. The minimum absolute atomic E-state index is 0.123. The molecule has 0 spiro atoms. The van der Waals surface area contributed by atoms with Gasteiger partial charge in [0.05, 0.1) is 13.3 Å². The van der Waals surface area contributed by atoms with Crippen LogP contribution in [0.1, 0.15) is 11.1 Å². The average molecular weight is 351 g/mol. The van der Waals surface area contributed by atoms with Gasteiger partial charge < -0.3 is 9.47 Å². The Bertz CT molecular complexity index is 885. The highest BCUT2D eigenvalue weighted by atomic mass is 19.1. The number of hydrogen-bond acceptors (Lipinski definition) is 5. The smallest absolute Gasteiger partial charge is 0.161 e. The van der Waals surface area contributed by atoms with Crippen LogP contribution < -0.4 is 14.9 Å². The molecule has 1 aromatic heterocycles. The van der Waals surface area contributed by atoms with Gasteiger partial charge in [0.15, 0.2) is 11.5 Å². The van der Waals surface area contributed by atoms with E-state index in [0.717, 1.165) is 5.56 Å². The minimum Gasteiger partial charge on any atom is -0.493 e. The number of nitrogens with zero attached hydrogens (tertiary/aromatic N) is 2. The number of hydrogen-bond donors (Lipinski definition) is 1. The maximum Gasteiger partial charge on any atom is 0.161 e. The molecule has 0 aliphatic heterocycles. The zero-order valence-corrected chi connectivity index (χ0v) is 14.2. The number of nitrogens with one attached hydrogen (secondary N) is 1. The van der Waals surface area contributed by atoms with Crippen LogP contribution in [-0.4, -0.2) is 18.3 Å². The van der Waals surface area contributed by atoms with Gasteiger partial charge in [-0.05, 0) is 42.0 Å². The zero-order valence-electron chi connectivity index (χ0n) is 14.2. The van der Waals surface area contributed by atoms with E-state index in [4.69, 9.17) is 9.47 Å². The van der Waals surface area contributed by atoms with Gasteiger partial charge in [-0.3, -0.25) is 5.43 Å². The van der Waals surface area contributed by atoms with E-state index in [1.165, 1.54) is 6.07 Å². The molecule has 132 valence electrons. The molecule has 6 heteroatoms. The number of benzene rings is 2. The molecule has 0 unspecified atom stereocenters. The van der Waals surface area contributed by atoms with E-state index < -0.39 is 0 Å². The van der Waals surface area contributed by atoms with E-state index in [1.807, 2.05) is 24.3 Å². The van der Waals surface area contributed by atoms with Gasteiger partial charge in [-0.25, -0.2) is 9.37 Å². The normalized spacial score (nSPS) is 10.7. The lowest BCUT2D eigenvalue weighted by Crippen LogP contribution is -2.00. The van der Waals surface area contributed by atoms with E-state index >= 15 is 0 Å². The molecule has 0 bridgehead atoms. The lowest BCUT2D eigenvalue weighted by atomic mass is 10.2. The fraction of sp³-hybridized carbons (Fsp3) is 0.100. The number of anilines is 1. The van der Waals surface area contributed by atoms with Crippen LogP contribution >= 0.6 is 0 Å². The van der Waals surface area contributed by atoms with Crippen LogP contribution in [0.4, 0.5) is 10.2 Å². The number of halogens is 1. The van der Waals surface area contributed by atoms with Gasteiger partial charge in [-0.2, -0.15) is 5.10 Å². The summed E-state index contributed by atoms with van der Waals surface area (Å²) in [7, 11) is 1.55. The summed E-state index contributed by atoms with van der Waals surface area (Å²) < 4.78 is 24.7. The fourth-order valence-electron chi connectivity index (χ4n) is 2.26. The Morgan fingerprint density at radius 2 is 1.92 bits per heavy atom. The van der Waals surface area contributed by atoms with Crippen LogP contribution in [0.5, 0.6) is 11.5 Å². The maximum absolute atomic E-state index is 13.7. The van der Waals surface area contributed by atoms with Crippen molar-refractivity contribution in [1.29, 1.82) is 0 Å². The second kappa shape index (κ2) is 8.62. The molecule has 0 fully saturated rings. The maximum atomic E-state index is 13.7. The van der Waals surface area contributed by atoms with Crippen LogP contribution in [0, 0.1) is 5.82 Å². The Kier molecular flexibility index (Phi) is 5.77. The lowest BCUT2D eigenvalue weighted by molar-refractivity contribution is 0.279. The van der Waals surface area contributed by atoms with Crippen LogP contribution in [0.2, 0.25) is 0 Å². The molecule has 0 atom stereocenters. The molecule has 5 nitrogen and oxygen atoms in total. The third-order valence-corrected chi connectivity index (χ3v) is 3.59. The van der Waals surface area contributed by atoms with Crippen molar-refractivity contribution in [3.05, 3.63) is 83.8 Å². The first-order chi connectivity index (χ1) is 12.8. The summed E-state index contributed by atoms with van der Waals surface area (Å²) in [6.45, 7) is 0.123. The Balaban J connectivity index is 1.66. The summed E-state index contributed by atoms with van der Waals surface area (Å²) >= 11 is 0. The summed E-state index contributed by atoms with van der Waals surface area (Å²) in [5.41, 5.74) is 4.15. The third-order valence-electron chi connectivity index (χ3n) is 3.59. The van der Waals surface area contributed by atoms with E-state index in [9.17, 15) is 4.39 Å². The predicted octanol–water partition coefficient (Wildman–Crippen LogP) is 4.25. The monoisotopic (exact) mass is 351 g/mol. The largest absolute Gasteiger partial charge is 0.493 e. The highest BCUT2D eigenvalue weighted by Gasteiger charge is 2.07. The molecule has 0 radical (unpaired) electrons. The minimum atomic E-state index is -0.296. The molecule has 3 rings (SSSR count). The predicted molar refractivity (Wildman–Crippen MR) is 99.2 cm³/mol. The molecule has 3 aromatic rings. The molecule has 2 aromatic carbocycles. The van der Waals surface area contributed by atoms with Crippen LogP contribution in [0.15, 0.2) is 72.0 Å². The Hall–Kier alpha value is -3.41. The Morgan fingerprint density at radius 3 is 2.69 bits per heavy atom. The van der Waals surface area contributed by atoms with Gasteiger partial charge in [-0.1, -0.05) is 24.3 Å². The van der Waals surface area contributed by atoms with E-state index in [1.54, 1.807) is 49.9 Å². The average Bonchev–Trinajstić information content (AvgIpc) is 2.68. The summed E-state index contributed by atoms with van der Waals surface area (Å²) in [5.74, 6) is 1.44. The van der Waals surface area contributed by atoms with E-state index in [-0.39, 0.29) is 12.4 Å². The molecule has 1 heterocycles. The van der Waals surface area contributed by atoms with E-state index in [0.29, 0.717) is 22.9 Å². The van der Waals surface area contributed by atoms with Crippen LogP contribution in [0.25, 0.3) is 0 Å². The summed E-state index contributed by atoms with van der Waals surface area (Å²) in [5, 5.41) is 4.14. The van der Waals surface area contributed by atoms with Crippen LogP contribution in [0.3, 0.4) is 0 Å². The van der Waals surface area contributed by atoms with Gasteiger partial charge in [-0.15, -0.1) is 0 Å². The molecular formula is C20H18FN3O2. The standard InChI is InChI=1S/C20H18FN3O2/c1-25-19-12-15(13-23-24-20-8-4-5-11-22-20)9-10-18(19)26-14-16-6-2-3-7-17(16)21/h2-13H,14H2,1H3,(H,22,24)/b23-13+. The summed E-state index contributed by atoms with van der Waals surface area (Å²) in [4.78, 5) is 4.12. The lowest BCUT2D eigenvalue weighted by Gasteiger charge is -2.11.